The Hall–Kier alpha value is -0.640. The van der Waals surface area contributed by atoms with Crippen molar-refractivity contribution < 1.29 is 31.8 Å². The van der Waals surface area contributed by atoms with Crippen LogP contribution in [0, 0.1) is 0 Å². The van der Waals surface area contributed by atoms with Crippen LogP contribution in [0.2, 0.25) is 0 Å². The molecule has 1 aromatic rings. The fourth-order valence-corrected chi connectivity index (χ4v) is 1.68. The van der Waals surface area contributed by atoms with Gasteiger partial charge in [-0.1, -0.05) is 15.9 Å². The summed E-state index contributed by atoms with van der Waals surface area (Å²) in [6, 6.07) is 0.900. The highest BCUT2D eigenvalue weighted by atomic mass is 79.9. The smallest absolute Gasteiger partial charge is 0.405 e. The number of hydrogen-bond donors (Lipinski definition) is 2. The van der Waals surface area contributed by atoms with Crippen molar-refractivity contribution in [2.24, 2.45) is 5.73 Å². The van der Waals surface area contributed by atoms with Crippen LogP contribution in [-0.4, -0.2) is 24.0 Å². The summed E-state index contributed by atoms with van der Waals surface area (Å²) in [5.74, 6) is -4.61. The van der Waals surface area contributed by atoms with E-state index in [-0.39, 0.29) is 16.9 Å². The van der Waals surface area contributed by atoms with Gasteiger partial charge < -0.3 is 15.6 Å². The van der Waals surface area contributed by atoms with E-state index < -0.39 is 36.2 Å². The molecule has 0 bridgehead atoms. The minimum Gasteiger partial charge on any atom is -0.405 e. The zero-order valence-electron chi connectivity index (χ0n) is 9.63. The SMILES string of the molecule is Cl.N[C@@H](c1cc(Br)ccc1OC(F)(F)F)C(F)(F)CO. The summed E-state index contributed by atoms with van der Waals surface area (Å²) in [6.07, 6.45) is -5.03. The van der Waals surface area contributed by atoms with Gasteiger partial charge in [0.25, 0.3) is 5.92 Å². The van der Waals surface area contributed by atoms with E-state index in [4.69, 9.17) is 10.8 Å². The maximum atomic E-state index is 13.2. The van der Waals surface area contributed by atoms with E-state index in [2.05, 4.69) is 20.7 Å². The van der Waals surface area contributed by atoms with Gasteiger partial charge in [-0.2, -0.15) is 0 Å². The fraction of sp³-hybridized carbons (Fsp3) is 0.400. The molecule has 1 atom stereocenters. The van der Waals surface area contributed by atoms with Crippen molar-refractivity contribution in [2.45, 2.75) is 18.3 Å². The summed E-state index contributed by atoms with van der Waals surface area (Å²) in [6.45, 7) is -1.59. The van der Waals surface area contributed by atoms with Gasteiger partial charge >= 0.3 is 6.36 Å². The summed E-state index contributed by atoms with van der Waals surface area (Å²) in [4.78, 5) is 0. The lowest BCUT2D eigenvalue weighted by atomic mass is 10.0. The number of alkyl halides is 5. The van der Waals surface area contributed by atoms with Gasteiger partial charge in [0, 0.05) is 10.0 Å². The fourth-order valence-electron chi connectivity index (χ4n) is 1.31. The van der Waals surface area contributed by atoms with Crippen LogP contribution in [0.3, 0.4) is 0 Å². The number of hydrogen-bond acceptors (Lipinski definition) is 3. The van der Waals surface area contributed by atoms with E-state index in [9.17, 15) is 22.0 Å². The molecule has 0 aliphatic rings. The topological polar surface area (TPSA) is 55.5 Å². The van der Waals surface area contributed by atoms with Gasteiger partial charge in [0.1, 0.15) is 18.4 Å². The average molecular weight is 387 g/mol. The van der Waals surface area contributed by atoms with Gasteiger partial charge in [-0.3, -0.25) is 0 Å². The molecule has 0 aromatic heterocycles. The summed E-state index contributed by atoms with van der Waals surface area (Å²) in [5.41, 5.74) is 4.63. The van der Waals surface area contributed by atoms with Crippen LogP contribution in [0.5, 0.6) is 5.75 Å². The molecule has 0 saturated carbocycles. The summed E-state index contributed by atoms with van der Waals surface area (Å²) >= 11 is 2.93. The number of ether oxygens (including phenoxy) is 1. The number of benzene rings is 1. The molecule has 0 saturated heterocycles. The lowest BCUT2D eigenvalue weighted by Gasteiger charge is -2.24. The van der Waals surface area contributed by atoms with E-state index in [1.54, 1.807) is 0 Å². The van der Waals surface area contributed by atoms with Crippen LogP contribution in [0.4, 0.5) is 22.0 Å². The molecule has 0 amide bonds. The van der Waals surface area contributed by atoms with Crippen molar-refractivity contribution in [3.8, 4) is 5.75 Å². The molecule has 0 spiro atoms. The second kappa shape index (κ2) is 6.88. The Morgan fingerprint density at radius 3 is 2.25 bits per heavy atom. The Morgan fingerprint density at radius 1 is 1.25 bits per heavy atom. The van der Waals surface area contributed by atoms with E-state index in [0.717, 1.165) is 12.1 Å². The monoisotopic (exact) mass is 385 g/mol. The summed E-state index contributed by atoms with van der Waals surface area (Å²) in [5, 5.41) is 8.51. The quantitative estimate of drug-likeness (QED) is 0.780. The van der Waals surface area contributed by atoms with Crippen molar-refractivity contribution in [3.05, 3.63) is 28.2 Å². The maximum absolute atomic E-state index is 13.2. The molecule has 0 radical (unpaired) electrons. The molecule has 116 valence electrons. The molecule has 0 unspecified atom stereocenters. The molecule has 3 nitrogen and oxygen atoms in total. The zero-order valence-corrected chi connectivity index (χ0v) is 12.0. The van der Waals surface area contributed by atoms with Crippen LogP contribution in [0.25, 0.3) is 0 Å². The first-order valence-electron chi connectivity index (χ1n) is 4.86. The van der Waals surface area contributed by atoms with Crippen LogP contribution in [0.1, 0.15) is 11.6 Å². The molecular weight excluding hydrogens is 376 g/mol. The average Bonchev–Trinajstić information content (AvgIpc) is 2.29. The number of aliphatic hydroxyl groups is 1. The van der Waals surface area contributed by atoms with Gasteiger partial charge in [-0.05, 0) is 18.2 Å². The first-order chi connectivity index (χ1) is 8.57. The van der Waals surface area contributed by atoms with E-state index in [1.165, 1.54) is 6.07 Å². The highest BCUT2D eigenvalue weighted by Gasteiger charge is 2.40. The van der Waals surface area contributed by atoms with Crippen molar-refractivity contribution in [3.63, 3.8) is 0 Å². The first kappa shape index (κ1) is 19.4. The third kappa shape index (κ3) is 5.04. The van der Waals surface area contributed by atoms with Gasteiger partial charge in [-0.25, -0.2) is 8.78 Å². The largest absolute Gasteiger partial charge is 0.573 e. The van der Waals surface area contributed by atoms with Crippen molar-refractivity contribution >= 4 is 28.3 Å². The molecule has 0 aliphatic heterocycles. The molecule has 1 rings (SSSR count). The van der Waals surface area contributed by atoms with Crippen LogP contribution in [0.15, 0.2) is 22.7 Å². The maximum Gasteiger partial charge on any atom is 0.573 e. The minimum atomic E-state index is -5.03. The Balaban J connectivity index is 0.00000361. The molecular formula is C10H10BrClF5NO2. The molecule has 0 fully saturated rings. The molecule has 0 heterocycles. The van der Waals surface area contributed by atoms with Gasteiger partial charge in [0.05, 0.1) is 0 Å². The Morgan fingerprint density at radius 2 is 1.80 bits per heavy atom. The third-order valence-corrected chi connectivity index (χ3v) is 2.69. The molecule has 20 heavy (non-hydrogen) atoms. The molecule has 1 aromatic carbocycles. The number of halogens is 7. The first-order valence-corrected chi connectivity index (χ1v) is 5.65. The zero-order chi connectivity index (χ0) is 14.8. The Labute approximate surface area is 125 Å². The van der Waals surface area contributed by atoms with Gasteiger partial charge in [0.15, 0.2) is 0 Å². The van der Waals surface area contributed by atoms with Gasteiger partial charge in [-0.15, -0.1) is 25.6 Å². The number of nitrogens with two attached hydrogens (primary N) is 1. The van der Waals surface area contributed by atoms with E-state index in [1.807, 2.05) is 0 Å². The lowest BCUT2D eigenvalue weighted by molar-refractivity contribution is -0.275. The van der Waals surface area contributed by atoms with Crippen molar-refractivity contribution in [2.75, 3.05) is 6.61 Å². The Kier molecular flexibility index (Phi) is 6.66. The predicted molar refractivity (Wildman–Crippen MR) is 67.0 cm³/mol. The second-order valence-electron chi connectivity index (χ2n) is 3.63. The standard InChI is InChI=1S/C10H9BrF5NO2.ClH/c11-5-1-2-7(19-10(14,15)16)6(3-5)8(17)9(12,13)4-18;/h1-3,8,18H,4,17H2;1H/t8-;/m0./s1. The Bertz CT molecular complexity index is 458. The van der Waals surface area contributed by atoms with Crippen molar-refractivity contribution in [1.29, 1.82) is 0 Å². The summed E-state index contributed by atoms with van der Waals surface area (Å²) in [7, 11) is 0. The number of aliphatic hydroxyl groups excluding tert-OH is 1. The van der Waals surface area contributed by atoms with E-state index >= 15 is 0 Å². The van der Waals surface area contributed by atoms with Crippen molar-refractivity contribution in [1.82, 2.24) is 0 Å². The number of rotatable bonds is 4. The molecule has 0 aliphatic carbocycles. The molecule has 10 heteroatoms. The normalized spacial score (nSPS) is 13.6. The van der Waals surface area contributed by atoms with Gasteiger partial charge in [0.2, 0.25) is 0 Å². The highest BCUT2D eigenvalue weighted by Crippen LogP contribution is 2.37. The van der Waals surface area contributed by atoms with E-state index in [0.29, 0.717) is 0 Å². The highest BCUT2D eigenvalue weighted by molar-refractivity contribution is 9.10. The summed E-state index contributed by atoms with van der Waals surface area (Å²) < 4.78 is 66.8. The van der Waals surface area contributed by atoms with Crippen LogP contribution >= 0.6 is 28.3 Å². The minimum absolute atomic E-state index is 0. The van der Waals surface area contributed by atoms with Crippen LogP contribution < -0.4 is 10.5 Å². The van der Waals surface area contributed by atoms with Crippen LogP contribution in [-0.2, 0) is 0 Å². The molecule has 3 N–H and O–H groups in total. The third-order valence-electron chi connectivity index (χ3n) is 2.20. The predicted octanol–water partition coefficient (Wildman–Crippen LogP) is 3.40. The second-order valence-corrected chi connectivity index (χ2v) is 4.54. The lowest BCUT2D eigenvalue weighted by Crippen LogP contribution is -2.36.